The third-order valence-electron chi connectivity index (χ3n) is 4.68. The Balaban J connectivity index is 1.35. The van der Waals surface area contributed by atoms with Gasteiger partial charge >= 0.3 is 0 Å². The molecule has 150 valence electrons. The van der Waals surface area contributed by atoms with Crippen molar-refractivity contribution in [2.45, 2.75) is 26.8 Å². The molecule has 0 bridgehead atoms. The Bertz CT molecular complexity index is 1060. The first kappa shape index (κ1) is 19.3. The number of anilines is 2. The first-order valence-corrected chi connectivity index (χ1v) is 10.1. The molecular formula is C20H21N5O3S. The van der Waals surface area contributed by atoms with Gasteiger partial charge in [0.25, 0.3) is 5.91 Å². The normalized spacial score (nSPS) is 13.7. The summed E-state index contributed by atoms with van der Waals surface area (Å²) in [7, 11) is 0. The molecule has 3 heterocycles. The summed E-state index contributed by atoms with van der Waals surface area (Å²) >= 11 is 1.43. The summed E-state index contributed by atoms with van der Waals surface area (Å²) in [5.41, 5.74) is 3.07. The van der Waals surface area contributed by atoms with E-state index in [1.807, 2.05) is 31.2 Å². The highest BCUT2D eigenvalue weighted by molar-refractivity contribution is 7.15. The molecule has 0 atom stereocenters. The molecule has 4 rings (SSSR count). The molecule has 9 heteroatoms. The molecule has 8 nitrogen and oxygen atoms in total. The Labute approximate surface area is 171 Å². The quantitative estimate of drug-likeness (QED) is 0.669. The predicted molar refractivity (Wildman–Crippen MR) is 110 cm³/mol. The number of carbonyl (C=O) groups is 2. The summed E-state index contributed by atoms with van der Waals surface area (Å²) in [5.74, 6) is 0.192. The minimum Gasteiger partial charge on any atom is -0.361 e. The minimum atomic E-state index is -0.345. The third-order valence-corrected chi connectivity index (χ3v) is 5.68. The van der Waals surface area contributed by atoms with Crippen LogP contribution in [0.15, 0.2) is 34.9 Å². The second-order valence-electron chi connectivity index (χ2n) is 6.99. The molecule has 1 aliphatic rings. The van der Waals surface area contributed by atoms with Crippen molar-refractivity contribution in [1.82, 2.24) is 15.0 Å². The molecule has 2 amide bonds. The van der Waals surface area contributed by atoms with E-state index in [2.05, 4.69) is 25.7 Å². The maximum absolute atomic E-state index is 12.4. The Hall–Kier alpha value is -3.04. The van der Waals surface area contributed by atoms with E-state index in [9.17, 15) is 9.59 Å². The first-order valence-electron chi connectivity index (χ1n) is 9.29. The highest BCUT2D eigenvalue weighted by Gasteiger charge is 2.23. The average molecular weight is 411 g/mol. The molecule has 2 aromatic heterocycles. The summed E-state index contributed by atoms with van der Waals surface area (Å²) in [6.07, 6.45) is 0.739. The summed E-state index contributed by atoms with van der Waals surface area (Å²) in [6.45, 7) is 5.39. The van der Waals surface area contributed by atoms with Crippen LogP contribution in [-0.2, 0) is 17.8 Å². The number of benzene rings is 1. The van der Waals surface area contributed by atoms with Gasteiger partial charge in [-0.25, -0.2) is 4.98 Å². The largest absolute Gasteiger partial charge is 0.361 e. The third kappa shape index (κ3) is 4.52. The monoisotopic (exact) mass is 411 g/mol. The van der Waals surface area contributed by atoms with E-state index in [4.69, 9.17) is 4.52 Å². The molecule has 0 fully saturated rings. The number of para-hydroxylation sites is 1. The van der Waals surface area contributed by atoms with Crippen molar-refractivity contribution in [2.75, 3.05) is 23.7 Å². The summed E-state index contributed by atoms with van der Waals surface area (Å²) in [6, 6.07) is 9.30. The number of rotatable bonds is 5. The number of amides is 2. The van der Waals surface area contributed by atoms with Crippen LogP contribution in [0, 0.1) is 13.8 Å². The standard InChI is InChI=1S/C20H21N5O3S/c1-12-5-3-4-6-14(12)21-18(26)11-25-8-7-15-17(10-25)29-20(22-15)23-19(27)16-9-13(2)28-24-16/h3-6,9H,7-8,10-11H2,1-2H3,(H,21,26)(H,22,23,27). The lowest BCUT2D eigenvalue weighted by molar-refractivity contribution is -0.117. The smallest absolute Gasteiger partial charge is 0.279 e. The molecule has 2 N–H and O–H groups in total. The van der Waals surface area contributed by atoms with Crippen molar-refractivity contribution in [3.63, 3.8) is 0 Å². The molecule has 0 spiro atoms. The van der Waals surface area contributed by atoms with Gasteiger partial charge in [-0.15, -0.1) is 11.3 Å². The van der Waals surface area contributed by atoms with Gasteiger partial charge < -0.3 is 9.84 Å². The van der Waals surface area contributed by atoms with Crippen LogP contribution in [0.4, 0.5) is 10.8 Å². The van der Waals surface area contributed by atoms with E-state index >= 15 is 0 Å². The maximum atomic E-state index is 12.4. The van der Waals surface area contributed by atoms with Crippen molar-refractivity contribution < 1.29 is 14.1 Å². The number of hydrogen-bond donors (Lipinski definition) is 2. The van der Waals surface area contributed by atoms with Gasteiger partial charge in [0.2, 0.25) is 5.91 Å². The van der Waals surface area contributed by atoms with Gasteiger partial charge in [-0.2, -0.15) is 0 Å². The molecule has 3 aromatic rings. The summed E-state index contributed by atoms with van der Waals surface area (Å²) in [5, 5.41) is 9.99. The number of fused-ring (bicyclic) bond motifs is 1. The number of nitrogens with one attached hydrogen (secondary N) is 2. The zero-order valence-electron chi connectivity index (χ0n) is 16.2. The van der Waals surface area contributed by atoms with Gasteiger partial charge in [-0.3, -0.25) is 19.8 Å². The van der Waals surface area contributed by atoms with Gasteiger partial charge in [-0.1, -0.05) is 23.4 Å². The first-order chi connectivity index (χ1) is 14.0. The lowest BCUT2D eigenvalue weighted by atomic mass is 10.1. The fraction of sp³-hybridized carbons (Fsp3) is 0.300. The number of nitrogens with zero attached hydrogens (tertiary/aromatic N) is 3. The second kappa shape index (κ2) is 8.14. The van der Waals surface area contributed by atoms with E-state index in [1.165, 1.54) is 11.3 Å². The molecule has 0 unspecified atom stereocenters. The van der Waals surface area contributed by atoms with Gasteiger partial charge in [0, 0.05) is 36.1 Å². The van der Waals surface area contributed by atoms with Crippen molar-refractivity contribution in [2.24, 2.45) is 0 Å². The summed E-state index contributed by atoms with van der Waals surface area (Å²) in [4.78, 5) is 32.3. The van der Waals surface area contributed by atoms with Gasteiger partial charge in [0.15, 0.2) is 10.8 Å². The lowest BCUT2D eigenvalue weighted by Gasteiger charge is -2.25. The molecule has 0 radical (unpaired) electrons. The van der Waals surface area contributed by atoms with Crippen LogP contribution in [-0.4, -0.2) is 39.9 Å². The highest BCUT2D eigenvalue weighted by Crippen LogP contribution is 2.28. The Kier molecular flexibility index (Phi) is 5.41. The number of carbonyl (C=O) groups excluding carboxylic acids is 2. The van der Waals surface area contributed by atoms with Crippen LogP contribution in [0.1, 0.15) is 32.4 Å². The zero-order chi connectivity index (χ0) is 20.4. The number of hydrogen-bond acceptors (Lipinski definition) is 7. The maximum Gasteiger partial charge on any atom is 0.279 e. The number of aromatic nitrogens is 2. The van der Waals surface area contributed by atoms with Crippen molar-refractivity contribution >= 4 is 34.0 Å². The van der Waals surface area contributed by atoms with Crippen LogP contribution in [0.5, 0.6) is 0 Å². The highest BCUT2D eigenvalue weighted by atomic mass is 32.1. The van der Waals surface area contributed by atoms with Gasteiger partial charge in [0.05, 0.1) is 12.2 Å². The van der Waals surface area contributed by atoms with Crippen LogP contribution in [0.25, 0.3) is 0 Å². The van der Waals surface area contributed by atoms with Gasteiger partial charge in [0.1, 0.15) is 5.76 Å². The van der Waals surface area contributed by atoms with Crippen LogP contribution in [0.3, 0.4) is 0 Å². The second-order valence-corrected chi connectivity index (χ2v) is 8.07. The number of thiazole rings is 1. The van der Waals surface area contributed by atoms with E-state index in [1.54, 1.807) is 13.0 Å². The lowest BCUT2D eigenvalue weighted by Crippen LogP contribution is -2.36. The molecule has 0 aliphatic carbocycles. The summed E-state index contributed by atoms with van der Waals surface area (Å²) < 4.78 is 4.93. The fourth-order valence-corrected chi connectivity index (χ4v) is 4.22. The Morgan fingerprint density at radius 3 is 2.83 bits per heavy atom. The Morgan fingerprint density at radius 1 is 1.24 bits per heavy atom. The average Bonchev–Trinajstić information content (AvgIpc) is 3.29. The predicted octanol–water partition coefficient (Wildman–Crippen LogP) is 3.00. The molecule has 29 heavy (non-hydrogen) atoms. The Morgan fingerprint density at radius 2 is 2.07 bits per heavy atom. The molecule has 1 aromatic carbocycles. The van der Waals surface area contributed by atoms with E-state index in [-0.39, 0.29) is 17.5 Å². The van der Waals surface area contributed by atoms with Crippen LogP contribution >= 0.6 is 11.3 Å². The molecule has 0 saturated heterocycles. The molecule has 0 saturated carbocycles. The zero-order valence-corrected chi connectivity index (χ0v) is 17.0. The van der Waals surface area contributed by atoms with Crippen LogP contribution < -0.4 is 10.6 Å². The topological polar surface area (TPSA) is 100 Å². The van der Waals surface area contributed by atoms with Gasteiger partial charge in [-0.05, 0) is 25.5 Å². The SMILES string of the molecule is Cc1cc(C(=O)Nc2nc3c(s2)CN(CC(=O)Nc2ccccc2C)CC3)no1. The van der Waals surface area contributed by atoms with Crippen molar-refractivity contribution in [1.29, 1.82) is 0 Å². The fourth-order valence-electron chi connectivity index (χ4n) is 3.18. The molecule has 1 aliphatic heterocycles. The van der Waals surface area contributed by atoms with Crippen molar-refractivity contribution in [3.05, 3.63) is 57.9 Å². The van der Waals surface area contributed by atoms with Crippen LogP contribution in [0.2, 0.25) is 0 Å². The van der Waals surface area contributed by atoms with E-state index in [0.717, 1.165) is 34.8 Å². The van der Waals surface area contributed by atoms with E-state index < -0.39 is 0 Å². The van der Waals surface area contributed by atoms with E-state index in [0.29, 0.717) is 24.0 Å². The van der Waals surface area contributed by atoms with Crippen molar-refractivity contribution in [3.8, 4) is 0 Å². The minimum absolute atomic E-state index is 0.0396. The number of aryl methyl sites for hydroxylation is 2. The molecular weight excluding hydrogens is 390 g/mol.